The van der Waals surface area contributed by atoms with E-state index < -0.39 is 0 Å². The standard InChI is InChI=1S/C19H24N6O/c1-11(2)15(21)8-19(26)25-18-6-5-16-17(24-18)7-13(9-23-16)14(10-22-4)12(3)20/h5-11H,20-21H2,1-4H3,(H,24,25,26). The van der Waals surface area contributed by atoms with Gasteiger partial charge in [0.1, 0.15) is 5.82 Å². The molecule has 0 atom stereocenters. The molecule has 0 aliphatic carbocycles. The van der Waals surface area contributed by atoms with Gasteiger partial charge >= 0.3 is 0 Å². The molecule has 0 fully saturated rings. The first-order valence-corrected chi connectivity index (χ1v) is 8.25. The predicted molar refractivity (Wildman–Crippen MR) is 106 cm³/mol. The fraction of sp³-hybridized carbons (Fsp3) is 0.263. The van der Waals surface area contributed by atoms with Gasteiger partial charge in [-0.3, -0.25) is 14.8 Å². The highest BCUT2D eigenvalue weighted by Crippen LogP contribution is 2.20. The summed E-state index contributed by atoms with van der Waals surface area (Å²) in [5.41, 5.74) is 15.8. The second-order valence-electron chi connectivity index (χ2n) is 6.23. The lowest BCUT2D eigenvalue weighted by atomic mass is 10.1. The molecule has 2 heterocycles. The van der Waals surface area contributed by atoms with E-state index in [-0.39, 0.29) is 11.8 Å². The van der Waals surface area contributed by atoms with Crippen LogP contribution < -0.4 is 16.8 Å². The normalized spacial score (nSPS) is 13.3. The number of hydrogen-bond acceptors (Lipinski definition) is 6. The summed E-state index contributed by atoms with van der Waals surface area (Å²) in [6, 6.07) is 5.36. The zero-order valence-electron chi connectivity index (χ0n) is 15.4. The van der Waals surface area contributed by atoms with Gasteiger partial charge in [0.2, 0.25) is 0 Å². The second kappa shape index (κ2) is 8.24. The monoisotopic (exact) mass is 352 g/mol. The molecule has 136 valence electrons. The number of rotatable bonds is 5. The average Bonchev–Trinajstić information content (AvgIpc) is 2.58. The van der Waals surface area contributed by atoms with E-state index in [1.165, 1.54) is 6.08 Å². The van der Waals surface area contributed by atoms with E-state index in [2.05, 4.69) is 20.3 Å². The molecule has 0 unspecified atom stereocenters. The van der Waals surface area contributed by atoms with E-state index in [9.17, 15) is 4.79 Å². The van der Waals surface area contributed by atoms with Crippen LogP contribution in [0.15, 0.2) is 46.9 Å². The molecule has 1 amide bonds. The van der Waals surface area contributed by atoms with Crippen LogP contribution in [-0.4, -0.2) is 29.1 Å². The average molecular weight is 352 g/mol. The number of nitrogens with zero attached hydrogens (tertiary/aromatic N) is 3. The van der Waals surface area contributed by atoms with Crippen LogP contribution >= 0.6 is 0 Å². The molecule has 7 nitrogen and oxygen atoms in total. The Morgan fingerprint density at radius 2 is 2.00 bits per heavy atom. The molecule has 5 N–H and O–H groups in total. The van der Waals surface area contributed by atoms with Crippen molar-refractivity contribution < 1.29 is 4.79 Å². The number of carbonyl (C=O) groups is 1. The van der Waals surface area contributed by atoms with E-state index in [0.717, 1.165) is 11.1 Å². The van der Waals surface area contributed by atoms with Crippen LogP contribution in [0.25, 0.3) is 16.6 Å². The van der Waals surface area contributed by atoms with E-state index in [1.807, 2.05) is 19.9 Å². The van der Waals surface area contributed by atoms with Crippen molar-refractivity contribution in [1.82, 2.24) is 9.97 Å². The van der Waals surface area contributed by atoms with Crippen molar-refractivity contribution in [2.45, 2.75) is 20.8 Å². The molecule has 0 bridgehead atoms. The Hall–Kier alpha value is -3.22. The van der Waals surface area contributed by atoms with Gasteiger partial charge in [-0.05, 0) is 31.0 Å². The SMILES string of the molecule is CN=CC(=C(C)N)c1cnc2ccc(NC(=O)C=C(N)C(C)C)nc2c1. The molecule has 26 heavy (non-hydrogen) atoms. The minimum Gasteiger partial charge on any atom is -0.402 e. The van der Waals surface area contributed by atoms with E-state index >= 15 is 0 Å². The number of anilines is 1. The quantitative estimate of drug-likeness (QED) is 0.564. The molecule has 2 rings (SSSR count). The van der Waals surface area contributed by atoms with Crippen LogP contribution in [-0.2, 0) is 4.79 Å². The Bertz CT molecular complexity index is 907. The van der Waals surface area contributed by atoms with Gasteiger partial charge in [0.15, 0.2) is 0 Å². The third kappa shape index (κ3) is 4.66. The lowest BCUT2D eigenvalue weighted by molar-refractivity contribution is -0.112. The Labute approximate surface area is 152 Å². The summed E-state index contributed by atoms with van der Waals surface area (Å²) in [4.78, 5) is 24.9. The highest BCUT2D eigenvalue weighted by atomic mass is 16.1. The highest BCUT2D eigenvalue weighted by molar-refractivity contribution is 6.11. The molecule has 0 radical (unpaired) electrons. The van der Waals surface area contributed by atoms with Gasteiger partial charge in [-0.25, -0.2) is 4.98 Å². The van der Waals surface area contributed by atoms with Crippen molar-refractivity contribution in [1.29, 1.82) is 0 Å². The largest absolute Gasteiger partial charge is 0.402 e. The molecule has 0 aliphatic rings. The first-order valence-electron chi connectivity index (χ1n) is 8.25. The minimum atomic E-state index is -0.316. The molecular formula is C19H24N6O. The number of nitrogens with two attached hydrogens (primary N) is 2. The third-order valence-electron chi connectivity index (χ3n) is 3.75. The summed E-state index contributed by atoms with van der Waals surface area (Å²) in [5.74, 6) is 0.207. The Balaban J connectivity index is 2.36. The first kappa shape index (κ1) is 19.1. The van der Waals surface area contributed by atoms with Crippen LogP contribution in [0.3, 0.4) is 0 Å². The molecule has 0 saturated heterocycles. The molecule has 0 aromatic carbocycles. The van der Waals surface area contributed by atoms with Crippen molar-refractivity contribution in [2.24, 2.45) is 22.4 Å². The second-order valence-corrected chi connectivity index (χ2v) is 6.23. The molecule has 7 heteroatoms. The van der Waals surface area contributed by atoms with Gasteiger partial charge in [0, 0.05) is 48.1 Å². The topological polar surface area (TPSA) is 119 Å². The summed E-state index contributed by atoms with van der Waals surface area (Å²) in [5, 5.41) is 2.72. The molecule has 0 spiro atoms. The number of carbonyl (C=O) groups excluding carboxylic acids is 1. The number of amides is 1. The van der Waals surface area contributed by atoms with Crippen LogP contribution in [0.5, 0.6) is 0 Å². The van der Waals surface area contributed by atoms with Crippen LogP contribution in [0.1, 0.15) is 26.3 Å². The van der Waals surface area contributed by atoms with E-state index in [4.69, 9.17) is 11.5 Å². The fourth-order valence-corrected chi connectivity index (χ4v) is 2.24. The van der Waals surface area contributed by atoms with E-state index in [1.54, 1.807) is 38.5 Å². The number of allylic oxidation sites excluding steroid dienone is 3. The number of aliphatic imine (C=N–C) groups is 1. The van der Waals surface area contributed by atoms with Gasteiger partial charge in [-0.2, -0.15) is 0 Å². The Kier molecular flexibility index (Phi) is 6.06. The smallest absolute Gasteiger partial charge is 0.251 e. The van der Waals surface area contributed by atoms with Crippen molar-refractivity contribution >= 4 is 34.5 Å². The number of fused-ring (bicyclic) bond motifs is 1. The number of pyridine rings is 2. The van der Waals surface area contributed by atoms with Gasteiger partial charge in [0.05, 0.1) is 11.0 Å². The number of hydrogen-bond donors (Lipinski definition) is 3. The zero-order valence-corrected chi connectivity index (χ0v) is 15.4. The fourth-order valence-electron chi connectivity index (χ4n) is 2.24. The van der Waals surface area contributed by atoms with Crippen LogP contribution in [0.2, 0.25) is 0 Å². The molecule has 2 aromatic heterocycles. The van der Waals surface area contributed by atoms with Crippen LogP contribution in [0.4, 0.5) is 5.82 Å². The van der Waals surface area contributed by atoms with Crippen molar-refractivity contribution in [2.75, 3.05) is 12.4 Å². The van der Waals surface area contributed by atoms with Gasteiger partial charge in [0.25, 0.3) is 5.91 Å². The zero-order chi connectivity index (χ0) is 19.3. The Morgan fingerprint density at radius 3 is 2.62 bits per heavy atom. The third-order valence-corrected chi connectivity index (χ3v) is 3.75. The summed E-state index contributed by atoms with van der Waals surface area (Å²) in [6.45, 7) is 5.65. The lowest BCUT2D eigenvalue weighted by Gasteiger charge is -2.08. The molecule has 0 saturated carbocycles. The summed E-state index contributed by atoms with van der Waals surface area (Å²) in [6.07, 6.45) is 4.78. The summed E-state index contributed by atoms with van der Waals surface area (Å²) < 4.78 is 0. The maximum Gasteiger partial charge on any atom is 0.251 e. The summed E-state index contributed by atoms with van der Waals surface area (Å²) in [7, 11) is 1.68. The maximum absolute atomic E-state index is 12.0. The highest BCUT2D eigenvalue weighted by Gasteiger charge is 2.08. The first-order chi connectivity index (χ1) is 12.3. The van der Waals surface area contributed by atoms with Crippen molar-refractivity contribution in [3.05, 3.63) is 47.4 Å². The molecule has 0 aliphatic heterocycles. The Morgan fingerprint density at radius 1 is 1.27 bits per heavy atom. The number of aromatic nitrogens is 2. The van der Waals surface area contributed by atoms with Gasteiger partial charge in [-0.1, -0.05) is 13.8 Å². The number of nitrogens with one attached hydrogen (secondary N) is 1. The minimum absolute atomic E-state index is 0.0991. The van der Waals surface area contributed by atoms with Gasteiger partial charge in [-0.15, -0.1) is 0 Å². The van der Waals surface area contributed by atoms with Crippen molar-refractivity contribution in [3.63, 3.8) is 0 Å². The summed E-state index contributed by atoms with van der Waals surface area (Å²) >= 11 is 0. The lowest BCUT2D eigenvalue weighted by Crippen LogP contribution is -2.14. The van der Waals surface area contributed by atoms with Crippen LogP contribution in [0, 0.1) is 5.92 Å². The maximum atomic E-state index is 12.0. The van der Waals surface area contributed by atoms with E-state index in [0.29, 0.717) is 28.2 Å². The predicted octanol–water partition coefficient (Wildman–Crippen LogP) is 2.46. The van der Waals surface area contributed by atoms with Crippen molar-refractivity contribution in [3.8, 4) is 0 Å². The molecular weight excluding hydrogens is 328 g/mol. The molecule has 2 aromatic rings. The van der Waals surface area contributed by atoms with Gasteiger partial charge < -0.3 is 16.8 Å².